The summed E-state index contributed by atoms with van der Waals surface area (Å²) in [4.78, 5) is 3.83. The molecule has 2 heterocycles. The van der Waals surface area contributed by atoms with E-state index in [0.29, 0.717) is 25.9 Å². The van der Waals surface area contributed by atoms with Crippen LogP contribution in [0.5, 0.6) is 0 Å². The number of nitrogens with zero attached hydrogens (tertiary/aromatic N) is 2. The number of nitrogens with two attached hydrogens (primary N) is 1. The van der Waals surface area contributed by atoms with Gasteiger partial charge in [0.15, 0.2) is 5.03 Å². The highest BCUT2D eigenvalue weighted by Crippen LogP contribution is 2.22. The van der Waals surface area contributed by atoms with E-state index in [1.54, 1.807) is 6.07 Å². The fraction of sp³-hybridized carbons (Fsp3) is 0.500. The third kappa shape index (κ3) is 2.41. The Morgan fingerprint density at radius 3 is 2.65 bits per heavy atom. The molecule has 1 saturated heterocycles. The van der Waals surface area contributed by atoms with E-state index >= 15 is 0 Å². The summed E-state index contributed by atoms with van der Waals surface area (Å²) < 4.78 is 25.8. The molecule has 6 nitrogen and oxygen atoms in total. The maximum atomic E-state index is 12.2. The first-order chi connectivity index (χ1) is 8.01. The number of aliphatic hydroxyl groups is 1. The predicted octanol–water partition coefficient (Wildman–Crippen LogP) is -0.191. The van der Waals surface area contributed by atoms with Crippen molar-refractivity contribution in [1.82, 2.24) is 9.29 Å². The van der Waals surface area contributed by atoms with Gasteiger partial charge >= 0.3 is 0 Å². The van der Waals surface area contributed by atoms with Crippen molar-refractivity contribution >= 4 is 15.7 Å². The van der Waals surface area contributed by atoms with Crippen LogP contribution in [-0.2, 0) is 10.0 Å². The molecule has 3 N–H and O–H groups in total. The number of aromatic nitrogens is 1. The maximum Gasteiger partial charge on any atom is 0.262 e. The molecule has 2 rings (SSSR count). The van der Waals surface area contributed by atoms with Crippen LogP contribution in [0, 0.1) is 0 Å². The van der Waals surface area contributed by atoms with Crippen LogP contribution in [0.25, 0.3) is 0 Å². The summed E-state index contributed by atoms with van der Waals surface area (Å²) in [7, 11) is -3.63. The van der Waals surface area contributed by atoms with Crippen LogP contribution in [0.1, 0.15) is 12.8 Å². The van der Waals surface area contributed by atoms with Gasteiger partial charge < -0.3 is 10.8 Å². The van der Waals surface area contributed by atoms with Crippen LogP contribution in [0.4, 0.5) is 5.69 Å². The molecule has 17 heavy (non-hydrogen) atoms. The van der Waals surface area contributed by atoms with Gasteiger partial charge in [0.1, 0.15) is 0 Å². The Morgan fingerprint density at radius 1 is 1.41 bits per heavy atom. The first-order valence-corrected chi connectivity index (χ1v) is 6.84. The van der Waals surface area contributed by atoms with Crippen LogP contribution in [0.3, 0.4) is 0 Å². The lowest BCUT2D eigenvalue weighted by Crippen LogP contribution is -2.40. The minimum Gasteiger partial charge on any atom is -0.396 e. The second kappa shape index (κ2) is 4.59. The van der Waals surface area contributed by atoms with Crippen molar-refractivity contribution in [3.63, 3.8) is 0 Å². The van der Waals surface area contributed by atoms with Crippen LogP contribution in [0.2, 0.25) is 0 Å². The van der Waals surface area contributed by atoms with E-state index < -0.39 is 16.1 Å². The van der Waals surface area contributed by atoms with Gasteiger partial charge in [0, 0.05) is 19.3 Å². The summed E-state index contributed by atoms with van der Waals surface area (Å²) in [5.41, 5.74) is 5.77. The standard InChI is InChI=1S/C10H15N3O3S/c11-9-2-1-5-12-10(9)17(15,16)13-6-3-8(14)4-7-13/h1-2,5,8,14H,3-4,6-7,11H2. The van der Waals surface area contributed by atoms with Crippen LogP contribution < -0.4 is 5.73 Å². The summed E-state index contributed by atoms with van der Waals surface area (Å²) >= 11 is 0. The van der Waals surface area contributed by atoms with Crippen molar-refractivity contribution in [1.29, 1.82) is 0 Å². The number of nitrogen functional groups attached to an aromatic ring is 1. The second-order valence-electron chi connectivity index (χ2n) is 4.03. The molecule has 0 unspecified atom stereocenters. The highest BCUT2D eigenvalue weighted by molar-refractivity contribution is 7.89. The smallest absolute Gasteiger partial charge is 0.262 e. The minimum atomic E-state index is -3.63. The van der Waals surface area contributed by atoms with Crippen molar-refractivity contribution in [3.05, 3.63) is 18.3 Å². The van der Waals surface area contributed by atoms with Crippen LogP contribution in [-0.4, -0.2) is 42.0 Å². The summed E-state index contributed by atoms with van der Waals surface area (Å²) in [5.74, 6) is 0. The molecule has 0 saturated carbocycles. The molecule has 0 aromatic carbocycles. The number of pyridine rings is 1. The average Bonchev–Trinajstić information content (AvgIpc) is 2.30. The lowest BCUT2D eigenvalue weighted by atomic mass is 10.1. The SMILES string of the molecule is Nc1cccnc1S(=O)(=O)N1CCC(O)CC1. The molecular formula is C10H15N3O3S. The van der Waals surface area contributed by atoms with Crippen molar-refractivity contribution in [3.8, 4) is 0 Å². The molecule has 1 aromatic heterocycles. The van der Waals surface area contributed by atoms with E-state index in [-0.39, 0.29) is 10.7 Å². The summed E-state index contributed by atoms with van der Waals surface area (Å²) in [6.07, 6.45) is 1.89. The molecule has 0 bridgehead atoms. The molecule has 1 aromatic rings. The topological polar surface area (TPSA) is 96.5 Å². The second-order valence-corrected chi connectivity index (χ2v) is 5.89. The fourth-order valence-corrected chi connectivity index (χ4v) is 3.32. The Labute approximate surface area is 100 Å². The highest BCUT2D eigenvalue weighted by atomic mass is 32.2. The number of anilines is 1. The van der Waals surface area contributed by atoms with Gasteiger partial charge in [0.2, 0.25) is 0 Å². The lowest BCUT2D eigenvalue weighted by Gasteiger charge is -2.28. The normalized spacial score (nSPS) is 19.4. The monoisotopic (exact) mass is 257 g/mol. The molecule has 0 atom stereocenters. The molecule has 0 aliphatic carbocycles. The Bertz CT molecular complexity index is 495. The van der Waals surface area contributed by atoms with E-state index in [1.807, 2.05) is 0 Å². The van der Waals surface area contributed by atoms with Gasteiger partial charge in [-0.3, -0.25) is 0 Å². The fourth-order valence-electron chi connectivity index (χ4n) is 1.82. The zero-order chi connectivity index (χ0) is 12.5. The van der Waals surface area contributed by atoms with Crippen molar-refractivity contribution < 1.29 is 13.5 Å². The first-order valence-electron chi connectivity index (χ1n) is 5.40. The number of hydrogen-bond donors (Lipinski definition) is 2. The zero-order valence-electron chi connectivity index (χ0n) is 9.28. The Balaban J connectivity index is 2.28. The van der Waals surface area contributed by atoms with E-state index in [1.165, 1.54) is 16.6 Å². The average molecular weight is 257 g/mol. The van der Waals surface area contributed by atoms with Crippen molar-refractivity contribution in [2.24, 2.45) is 0 Å². The molecule has 0 amide bonds. The number of hydrogen-bond acceptors (Lipinski definition) is 5. The van der Waals surface area contributed by atoms with Gasteiger partial charge in [-0.1, -0.05) is 0 Å². The largest absolute Gasteiger partial charge is 0.396 e. The first kappa shape index (κ1) is 12.3. The van der Waals surface area contributed by atoms with Crippen LogP contribution >= 0.6 is 0 Å². The van der Waals surface area contributed by atoms with E-state index in [2.05, 4.69) is 4.98 Å². The Hall–Kier alpha value is -1.18. The van der Waals surface area contributed by atoms with Gasteiger partial charge in [-0.2, -0.15) is 4.31 Å². The summed E-state index contributed by atoms with van der Waals surface area (Å²) in [5, 5.41) is 9.26. The summed E-state index contributed by atoms with van der Waals surface area (Å²) in [6.45, 7) is 0.610. The Kier molecular flexibility index (Phi) is 3.32. The van der Waals surface area contributed by atoms with E-state index in [0.717, 1.165) is 0 Å². The lowest BCUT2D eigenvalue weighted by molar-refractivity contribution is 0.113. The van der Waals surface area contributed by atoms with Crippen molar-refractivity contribution in [2.45, 2.75) is 24.0 Å². The molecular weight excluding hydrogens is 242 g/mol. The van der Waals surface area contributed by atoms with E-state index in [9.17, 15) is 13.5 Å². The van der Waals surface area contributed by atoms with Crippen LogP contribution in [0.15, 0.2) is 23.4 Å². The molecule has 0 radical (unpaired) electrons. The van der Waals surface area contributed by atoms with E-state index in [4.69, 9.17) is 5.73 Å². The maximum absolute atomic E-state index is 12.2. The van der Waals surface area contributed by atoms with Gasteiger partial charge in [-0.05, 0) is 25.0 Å². The molecule has 7 heteroatoms. The third-order valence-electron chi connectivity index (χ3n) is 2.81. The Morgan fingerprint density at radius 2 is 2.06 bits per heavy atom. The van der Waals surface area contributed by atoms with Gasteiger partial charge in [-0.25, -0.2) is 13.4 Å². The number of piperidine rings is 1. The molecule has 1 aliphatic rings. The van der Waals surface area contributed by atoms with Gasteiger partial charge in [0.05, 0.1) is 11.8 Å². The highest BCUT2D eigenvalue weighted by Gasteiger charge is 2.30. The third-order valence-corrected chi connectivity index (χ3v) is 4.68. The van der Waals surface area contributed by atoms with Gasteiger partial charge in [-0.15, -0.1) is 0 Å². The number of sulfonamides is 1. The molecule has 1 aliphatic heterocycles. The molecule has 0 spiro atoms. The molecule has 1 fully saturated rings. The predicted molar refractivity (Wildman–Crippen MR) is 62.6 cm³/mol. The summed E-state index contributed by atoms with van der Waals surface area (Å²) in [6, 6.07) is 3.10. The van der Waals surface area contributed by atoms with Gasteiger partial charge in [0.25, 0.3) is 10.0 Å². The van der Waals surface area contributed by atoms with Crippen molar-refractivity contribution in [2.75, 3.05) is 18.8 Å². The number of aliphatic hydroxyl groups excluding tert-OH is 1. The minimum absolute atomic E-state index is 0.101. The zero-order valence-corrected chi connectivity index (χ0v) is 10.1. The quantitative estimate of drug-likeness (QED) is 0.765. The molecule has 94 valence electrons. The number of rotatable bonds is 2.